The number of carbonyl (C=O) groups is 1. The molecule has 0 aliphatic carbocycles. The van der Waals surface area contributed by atoms with Gasteiger partial charge in [-0.05, 0) is 49.1 Å². The van der Waals surface area contributed by atoms with E-state index in [1.807, 2.05) is 36.4 Å². The standard InChI is InChI=1S/C22H26ClNO3/c23-19-9-4-8-18(16-19)22(17-6-2-1-3-7-17)27-20-11-14-24(15-12-20)13-5-10-21(25)26/h1-4,6-9,16,20,22H,5,10-15H2,(H,25,26). The van der Waals surface area contributed by atoms with Crippen LogP contribution in [0.25, 0.3) is 0 Å². The third kappa shape index (κ3) is 6.06. The SMILES string of the molecule is O=C(O)CCCN1CCC(OC(c2ccccc2)c2cccc(Cl)c2)CC1. The summed E-state index contributed by atoms with van der Waals surface area (Å²) in [5, 5.41) is 9.49. The molecule has 144 valence electrons. The number of likely N-dealkylation sites (tertiary alicyclic amines) is 1. The van der Waals surface area contributed by atoms with Gasteiger partial charge in [0, 0.05) is 24.5 Å². The van der Waals surface area contributed by atoms with Crippen LogP contribution in [0.4, 0.5) is 0 Å². The minimum Gasteiger partial charge on any atom is -0.481 e. The van der Waals surface area contributed by atoms with Gasteiger partial charge in [0.1, 0.15) is 6.10 Å². The zero-order chi connectivity index (χ0) is 19.1. The van der Waals surface area contributed by atoms with Gasteiger partial charge < -0.3 is 14.7 Å². The molecule has 1 aliphatic rings. The molecule has 0 aromatic heterocycles. The summed E-state index contributed by atoms with van der Waals surface area (Å²) in [7, 11) is 0. The van der Waals surface area contributed by atoms with Crippen molar-refractivity contribution in [3.05, 3.63) is 70.7 Å². The first kappa shape index (κ1) is 19.9. The number of carboxylic acid groups (broad SMARTS) is 1. The molecule has 1 aliphatic heterocycles. The number of nitrogens with zero attached hydrogens (tertiary/aromatic N) is 1. The van der Waals surface area contributed by atoms with Crippen molar-refractivity contribution in [3.8, 4) is 0 Å². The lowest BCUT2D eigenvalue weighted by molar-refractivity contribution is -0.137. The topological polar surface area (TPSA) is 49.8 Å². The summed E-state index contributed by atoms with van der Waals surface area (Å²) < 4.78 is 6.53. The number of hydrogen-bond donors (Lipinski definition) is 1. The summed E-state index contributed by atoms with van der Waals surface area (Å²) >= 11 is 6.20. The van der Waals surface area contributed by atoms with E-state index in [0.29, 0.717) is 11.4 Å². The van der Waals surface area contributed by atoms with E-state index < -0.39 is 5.97 Å². The van der Waals surface area contributed by atoms with Crippen LogP contribution < -0.4 is 0 Å². The van der Waals surface area contributed by atoms with E-state index in [1.54, 1.807) is 0 Å². The van der Waals surface area contributed by atoms with Gasteiger partial charge in [-0.25, -0.2) is 0 Å². The third-order valence-electron chi connectivity index (χ3n) is 4.98. The number of halogens is 1. The monoisotopic (exact) mass is 387 g/mol. The second-order valence-electron chi connectivity index (χ2n) is 7.02. The van der Waals surface area contributed by atoms with E-state index in [4.69, 9.17) is 21.4 Å². The number of hydrogen-bond acceptors (Lipinski definition) is 3. The van der Waals surface area contributed by atoms with E-state index in [0.717, 1.165) is 43.6 Å². The van der Waals surface area contributed by atoms with E-state index in [-0.39, 0.29) is 18.6 Å². The Morgan fingerprint density at radius 3 is 2.48 bits per heavy atom. The van der Waals surface area contributed by atoms with Gasteiger partial charge >= 0.3 is 5.97 Å². The Labute approximate surface area is 165 Å². The predicted molar refractivity (Wildman–Crippen MR) is 107 cm³/mol. The van der Waals surface area contributed by atoms with Crippen LogP contribution in [0, 0.1) is 0 Å². The molecule has 2 aromatic rings. The van der Waals surface area contributed by atoms with Crippen molar-refractivity contribution in [2.24, 2.45) is 0 Å². The van der Waals surface area contributed by atoms with Crippen LogP contribution in [-0.2, 0) is 9.53 Å². The van der Waals surface area contributed by atoms with Crippen LogP contribution in [0.15, 0.2) is 54.6 Å². The number of rotatable bonds is 8. The molecule has 5 heteroatoms. The number of benzene rings is 2. The molecule has 1 N–H and O–H groups in total. The first-order valence-electron chi connectivity index (χ1n) is 9.52. The van der Waals surface area contributed by atoms with Gasteiger partial charge in [-0.2, -0.15) is 0 Å². The largest absolute Gasteiger partial charge is 0.481 e. The highest BCUT2D eigenvalue weighted by atomic mass is 35.5. The van der Waals surface area contributed by atoms with Crippen LogP contribution >= 0.6 is 11.6 Å². The average molecular weight is 388 g/mol. The third-order valence-corrected chi connectivity index (χ3v) is 5.22. The molecule has 4 nitrogen and oxygen atoms in total. The summed E-state index contributed by atoms with van der Waals surface area (Å²) in [4.78, 5) is 13.0. The Kier molecular flexibility index (Phi) is 7.27. The second-order valence-corrected chi connectivity index (χ2v) is 7.46. The van der Waals surface area contributed by atoms with Crippen LogP contribution in [0.1, 0.15) is 42.9 Å². The molecule has 27 heavy (non-hydrogen) atoms. The van der Waals surface area contributed by atoms with Crippen molar-refractivity contribution in [2.45, 2.75) is 37.9 Å². The molecule has 0 amide bonds. The molecule has 1 unspecified atom stereocenters. The van der Waals surface area contributed by atoms with E-state index >= 15 is 0 Å². The average Bonchev–Trinajstić information content (AvgIpc) is 2.68. The number of carboxylic acids is 1. The summed E-state index contributed by atoms with van der Waals surface area (Å²) in [6, 6.07) is 18.1. The fourth-order valence-corrected chi connectivity index (χ4v) is 3.76. The van der Waals surface area contributed by atoms with Gasteiger partial charge in [-0.1, -0.05) is 54.1 Å². The Morgan fingerprint density at radius 2 is 1.81 bits per heavy atom. The summed E-state index contributed by atoms with van der Waals surface area (Å²) in [5.41, 5.74) is 2.20. The molecule has 0 saturated carbocycles. The molecule has 1 heterocycles. The van der Waals surface area contributed by atoms with Crippen molar-refractivity contribution in [2.75, 3.05) is 19.6 Å². The summed E-state index contributed by atoms with van der Waals surface area (Å²) in [6.45, 7) is 2.73. The van der Waals surface area contributed by atoms with Gasteiger partial charge in [0.05, 0.1) is 6.10 Å². The fourth-order valence-electron chi connectivity index (χ4n) is 3.56. The molecule has 1 saturated heterocycles. The molecule has 3 rings (SSSR count). The highest BCUT2D eigenvalue weighted by Crippen LogP contribution is 2.31. The minimum atomic E-state index is -0.722. The lowest BCUT2D eigenvalue weighted by atomic mass is 10.00. The quantitative estimate of drug-likeness (QED) is 0.708. The predicted octanol–water partition coefficient (Wildman–Crippen LogP) is 4.78. The van der Waals surface area contributed by atoms with Crippen molar-refractivity contribution in [3.63, 3.8) is 0 Å². The second kappa shape index (κ2) is 9.88. The van der Waals surface area contributed by atoms with Gasteiger partial charge in [0.25, 0.3) is 0 Å². The fraction of sp³-hybridized carbons (Fsp3) is 0.409. The summed E-state index contributed by atoms with van der Waals surface area (Å²) in [6.07, 6.45) is 2.91. The highest BCUT2D eigenvalue weighted by Gasteiger charge is 2.24. The van der Waals surface area contributed by atoms with Crippen LogP contribution in [0.3, 0.4) is 0 Å². The van der Waals surface area contributed by atoms with Crippen LogP contribution in [0.5, 0.6) is 0 Å². The van der Waals surface area contributed by atoms with Crippen LogP contribution in [0.2, 0.25) is 5.02 Å². The molecule has 0 spiro atoms. The minimum absolute atomic E-state index is 0.131. The van der Waals surface area contributed by atoms with E-state index in [1.165, 1.54) is 0 Å². The van der Waals surface area contributed by atoms with E-state index in [9.17, 15) is 4.79 Å². The Bertz CT molecular complexity index is 729. The molecule has 1 atom stereocenters. The normalized spacial score (nSPS) is 16.9. The first-order valence-corrected chi connectivity index (χ1v) is 9.89. The maximum absolute atomic E-state index is 10.7. The van der Waals surface area contributed by atoms with Crippen molar-refractivity contribution in [1.82, 2.24) is 4.90 Å². The van der Waals surface area contributed by atoms with Gasteiger partial charge in [0.15, 0.2) is 0 Å². The first-order chi connectivity index (χ1) is 13.1. The smallest absolute Gasteiger partial charge is 0.303 e. The zero-order valence-electron chi connectivity index (χ0n) is 15.4. The molecule has 1 fully saturated rings. The lowest BCUT2D eigenvalue weighted by Crippen LogP contribution is -2.38. The zero-order valence-corrected chi connectivity index (χ0v) is 16.1. The number of aliphatic carboxylic acids is 1. The maximum atomic E-state index is 10.7. The van der Waals surface area contributed by atoms with Crippen LogP contribution in [-0.4, -0.2) is 41.7 Å². The van der Waals surface area contributed by atoms with Gasteiger partial charge in [-0.3, -0.25) is 4.79 Å². The number of ether oxygens (including phenoxy) is 1. The Balaban J connectivity index is 1.61. The van der Waals surface area contributed by atoms with Crippen molar-refractivity contribution < 1.29 is 14.6 Å². The molecule has 0 bridgehead atoms. The highest BCUT2D eigenvalue weighted by molar-refractivity contribution is 6.30. The maximum Gasteiger partial charge on any atom is 0.303 e. The number of piperidine rings is 1. The molecular formula is C22H26ClNO3. The Hall–Kier alpha value is -1.88. The molecular weight excluding hydrogens is 362 g/mol. The van der Waals surface area contributed by atoms with Crippen molar-refractivity contribution >= 4 is 17.6 Å². The van der Waals surface area contributed by atoms with Gasteiger partial charge in [0.2, 0.25) is 0 Å². The van der Waals surface area contributed by atoms with Gasteiger partial charge in [-0.15, -0.1) is 0 Å². The van der Waals surface area contributed by atoms with E-state index in [2.05, 4.69) is 23.1 Å². The lowest BCUT2D eigenvalue weighted by Gasteiger charge is -2.34. The summed E-state index contributed by atoms with van der Waals surface area (Å²) in [5.74, 6) is -0.722. The van der Waals surface area contributed by atoms with Crippen molar-refractivity contribution in [1.29, 1.82) is 0 Å². The molecule has 0 radical (unpaired) electrons. The Morgan fingerprint density at radius 1 is 1.11 bits per heavy atom. The molecule has 2 aromatic carbocycles.